The Morgan fingerprint density at radius 3 is 2.48 bits per heavy atom. The first-order valence-corrected chi connectivity index (χ1v) is 15.4. The lowest BCUT2D eigenvalue weighted by Crippen LogP contribution is -2.63. The zero-order valence-electron chi connectivity index (χ0n) is 23.0. The molecule has 0 aliphatic carbocycles. The van der Waals surface area contributed by atoms with Crippen LogP contribution in [0, 0.1) is 22.0 Å². The second-order valence-electron chi connectivity index (χ2n) is 10.7. The van der Waals surface area contributed by atoms with Crippen LogP contribution in [0.25, 0.3) is 0 Å². The molecule has 11 nitrogen and oxygen atoms in total. The predicted octanol–water partition coefficient (Wildman–Crippen LogP) is 4.35. The molecule has 0 unspecified atom stereocenters. The summed E-state index contributed by atoms with van der Waals surface area (Å²) in [5.41, 5.74) is 0.533. The molecule has 13 heteroatoms. The van der Waals surface area contributed by atoms with E-state index in [2.05, 4.69) is 0 Å². The molecule has 222 valence electrons. The number of carbonyl (C=O) groups excluding carboxylic acids is 2. The van der Waals surface area contributed by atoms with Gasteiger partial charge in [-0.1, -0.05) is 25.1 Å². The Bertz CT molecular complexity index is 1400. The number of rotatable bonds is 10. The fraction of sp³-hybridized carbons (Fsp3) is 0.414. The number of non-ortho nitro benzene ring substituents is 1. The molecule has 3 heterocycles. The molecule has 0 saturated carbocycles. The molecule has 0 radical (unpaired) electrons. The second-order valence-corrected chi connectivity index (χ2v) is 13.1. The van der Waals surface area contributed by atoms with E-state index in [0.717, 1.165) is 4.90 Å². The summed E-state index contributed by atoms with van der Waals surface area (Å²) in [6, 6.07) is 15.0. The van der Waals surface area contributed by atoms with Crippen LogP contribution < -0.4 is 0 Å². The average molecular weight is 614 g/mol. The van der Waals surface area contributed by atoms with Crippen molar-refractivity contribution in [2.24, 2.45) is 11.8 Å². The van der Waals surface area contributed by atoms with Crippen molar-refractivity contribution in [1.82, 2.24) is 9.80 Å². The number of nitro benzene ring substituents is 1. The van der Waals surface area contributed by atoms with E-state index >= 15 is 0 Å². The van der Waals surface area contributed by atoms with E-state index < -0.39 is 35.0 Å². The molecule has 2 N–H and O–H groups in total. The summed E-state index contributed by atoms with van der Waals surface area (Å²) in [6.07, 6.45) is -0.804. The van der Waals surface area contributed by atoms with Crippen molar-refractivity contribution in [1.29, 1.82) is 0 Å². The average Bonchev–Trinajstić information content (AvgIpc) is 3.48. The number of aliphatic hydroxyl groups is 1. The normalized spacial score (nSPS) is 25.7. The number of thioether (sulfide) groups is 2. The Morgan fingerprint density at radius 1 is 1.17 bits per heavy atom. The number of nitrogens with zero attached hydrogens (tertiary/aromatic N) is 3. The molecule has 2 amide bonds. The number of aliphatic hydroxyl groups excluding tert-OH is 1. The quantitative estimate of drug-likeness (QED) is 0.171. The van der Waals surface area contributed by atoms with Gasteiger partial charge in [-0.2, -0.15) is 0 Å². The zero-order chi connectivity index (χ0) is 30.1. The predicted molar refractivity (Wildman–Crippen MR) is 157 cm³/mol. The minimum Gasteiger partial charge on any atom is -0.477 e. The monoisotopic (exact) mass is 613 g/mol. The van der Waals surface area contributed by atoms with Crippen LogP contribution in [-0.4, -0.2) is 78.6 Å². The summed E-state index contributed by atoms with van der Waals surface area (Å²) in [7, 11) is 0. The Morgan fingerprint density at radius 2 is 1.86 bits per heavy atom. The molecular weight excluding hydrogens is 582 g/mol. The van der Waals surface area contributed by atoms with Crippen molar-refractivity contribution >= 4 is 47.2 Å². The van der Waals surface area contributed by atoms with Gasteiger partial charge in [-0.3, -0.25) is 14.9 Å². The van der Waals surface area contributed by atoms with Gasteiger partial charge < -0.3 is 24.7 Å². The van der Waals surface area contributed by atoms with Gasteiger partial charge in [0.25, 0.3) is 5.69 Å². The molecule has 6 atom stereocenters. The van der Waals surface area contributed by atoms with Crippen LogP contribution in [0.5, 0.6) is 0 Å². The minimum absolute atomic E-state index is 0.0335. The Balaban J connectivity index is 1.31. The lowest BCUT2D eigenvalue weighted by molar-refractivity contribution is -0.384. The molecule has 2 saturated heterocycles. The van der Waals surface area contributed by atoms with E-state index in [-0.39, 0.29) is 41.1 Å². The number of amides is 2. The highest BCUT2D eigenvalue weighted by molar-refractivity contribution is 8.03. The second kappa shape index (κ2) is 12.4. The number of carboxylic acid groups (broad SMARTS) is 1. The fourth-order valence-electron chi connectivity index (χ4n) is 5.85. The number of hydrogen-bond donors (Lipinski definition) is 2. The summed E-state index contributed by atoms with van der Waals surface area (Å²) >= 11 is 3.00. The number of hydrogen-bond acceptors (Lipinski definition) is 9. The van der Waals surface area contributed by atoms with Crippen LogP contribution in [0.4, 0.5) is 10.5 Å². The van der Waals surface area contributed by atoms with Crippen LogP contribution in [0.2, 0.25) is 0 Å². The standard InChI is InChI=1S/C29H31N3O8S2/c1-16-24-23(17(2)33)27(34)31(24)25(28(35)36)26(16)42-22-12-20(15-41-21-6-4-3-5-7-21)30(13-22)29(37)40-14-18-8-10-19(11-9-18)32(38)39/h3-11,16-17,20,22-24,33H,12-15H2,1-2H3,(H,35,36)/t16-,17-,20+,22+,23-,24-/m1/s1. The van der Waals surface area contributed by atoms with Gasteiger partial charge in [0.05, 0.1) is 23.0 Å². The van der Waals surface area contributed by atoms with Gasteiger partial charge in [-0.15, -0.1) is 23.5 Å². The van der Waals surface area contributed by atoms with E-state index in [4.69, 9.17) is 4.74 Å². The third kappa shape index (κ3) is 5.86. The Kier molecular flexibility index (Phi) is 8.81. The van der Waals surface area contributed by atoms with Crippen molar-refractivity contribution in [3.8, 4) is 0 Å². The zero-order valence-corrected chi connectivity index (χ0v) is 24.6. The first-order chi connectivity index (χ1) is 20.1. The van der Waals surface area contributed by atoms with Gasteiger partial charge in [0.2, 0.25) is 5.91 Å². The van der Waals surface area contributed by atoms with E-state index in [0.29, 0.717) is 29.2 Å². The smallest absolute Gasteiger partial charge is 0.410 e. The van der Waals surface area contributed by atoms with Gasteiger partial charge in [0, 0.05) is 51.4 Å². The number of carbonyl (C=O) groups is 3. The van der Waals surface area contributed by atoms with Crippen LogP contribution >= 0.6 is 23.5 Å². The van der Waals surface area contributed by atoms with Gasteiger partial charge in [0.1, 0.15) is 12.3 Å². The van der Waals surface area contributed by atoms with Crippen LogP contribution in [0.3, 0.4) is 0 Å². The molecule has 2 aromatic carbocycles. The minimum atomic E-state index is -1.18. The van der Waals surface area contributed by atoms with Crippen LogP contribution in [-0.2, 0) is 20.9 Å². The lowest BCUT2D eigenvalue weighted by Gasteiger charge is -2.46. The molecule has 0 aromatic heterocycles. The number of likely N-dealkylation sites (tertiary alicyclic amines) is 1. The van der Waals surface area contributed by atoms with E-state index in [9.17, 15) is 34.7 Å². The number of benzene rings is 2. The first kappa shape index (κ1) is 29.9. The highest BCUT2D eigenvalue weighted by atomic mass is 32.2. The van der Waals surface area contributed by atoms with Crippen LogP contribution in [0.15, 0.2) is 70.1 Å². The number of ether oxygens (including phenoxy) is 1. The summed E-state index contributed by atoms with van der Waals surface area (Å²) in [5.74, 6) is -1.87. The number of β-lactam (4-membered cyclic amide) rings is 1. The maximum absolute atomic E-state index is 13.3. The van der Waals surface area contributed by atoms with Gasteiger partial charge in [0.15, 0.2) is 0 Å². The van der Waals surface area contributed by atoms with E-state index in [1.54, 1.807) is 35.7 Å². The highest BCUT2D eigenvalue weighted by Gasteiger charge is 2.60. The number of fused-ring (bicyclic) bond motifs is 1. The lowest BCUT2D eigenvalue weighted by atomic mass is 9.79. The third-order valence-electron chi connectivity index (χ3n) is 7.91. The highest BCUT2D eigenvalue weighted by Crippen LogP contribution is 2.52. The van der Waals surface area contributed by atoms with Crippen molar-refractivity contribution in [2.45, 2.75) is 55.2 Å². The van der Waals surface area contributed by atoms with E-state index in [1.807, 2.05) is 37.3 Å². The largest absolute Gasteiger partial charge is 0.477 e. The maximum atomic E-state index is 13.3. The van der Waals surface area contributed by atoms with Gasteiger partial charge >= 0.3 is 12.1 Å². The third-order valence-corrected chi connectivity index (χ3v) is 10.6. The Labute approximate surface area is 251 Å². The fourth-order valence-corrected chi connectivity index (χ4v) is 8.46. The van der Waals surface area contributed by atoms with Gasteiger partial charge in [-0.25, -0.2) is 9.59 Å². The summed E-state index contributed by atoms with van der Waals surface area (Å²) < 4.78 is 5.60. The molecule has 0 bridgehead atoms. The molecule has 42 heavy (non-hydrogen) atoms. The molecule has 2 fully saturated rings. The Hall–Kier alpha value is -3.55. The summed E-state index contributed by atoms with van der Waals surface area (Å²) in [6.45, 7) is 3.70. The molecule has 5 rings (SSSR count). The SMILES string of the molecule is C[C@@H](O)[C@H]1C(=O)N2C(C(=O)O)=C(S[C@H]3C[C@@H](CSc4ccccc4)N(C(=O)OCc4ccc([N+](=O)[O-])cc4)C3)[C@H](C)[C@H]12. The van der Waals surface area contributed by atoms with Crippen molar-refractivity contribution in [2.75, 3.05) is 12.3 Å². The topological polar surface area (TPSA) is 151 Å². The molecule has 3 aliphatic rings. The van der Waals surface area contributed by atoms with Crippen molar-refractivity contribution in [3.05, 3.63) is 80.9 Å². The van der Waals surface area contributed by atoms with Crippen molar-refractivity contribution in [3.63, 3.8) is 0 Å². The number of carboxylic acids is 1. The molecule has 0 spiro atoms. The van der Waals surface area contributed by atoms with E-state index in [1.165, 1.54) is 28.8 Å². The summed E-state index contributed by atoms with van der Waals surface area (Å²) in [4.78, 5) is 53.4. The number of aliphatic carboxylic acids is 1. The van der Waals surface area contributed by atoms with Crippen LogP contribution in [0.1, 0.15) is 25.8 Å². The van der Waals surface area contributed by atoms with Gasteiger partial charge in [-0.05, 0) is 43.2 Å². The van der Waals surface area contributed by atoms with Crippen molar-refractivity contribution < 1.29 is 34.3 Å². The molecular formula is C29H31N3O8S2. The summed E-state index contributed by atoms with van der Waals surface area (Å²) in [5, 5.41) is 31.0. The maximum Gasteiger partial charge on any atom is 0.410 e. The number of nitro groups is 1. The molecule has 3 aliphatic heterocycles. The first-order valence-electron chi connectivity index (χ1n) is 13.6. The molecule has 2 aromatic rings.